The van der Waals surface area contributed by atoms with Gasteiger partial charge >= 0.3 is 0 Å². The van der Waals surface area contributed by atoms with Crippen LogP contribution in [0.25, 0.3) is 0 Å². The van der Waals surface area contributed by atoms with E-state index in [4.69, 9.17) is 5.73 Å². The second kappa shape index (κ2) is 5.02. The molecule has 0 saturated heterocycles. The Bertz CT molecular complexity index is 345. The van der Waals surface area contributed by atoms with Crippen molar-refractivity contribution in [2.75, 3.05) is 5.73 Å². The number of halogens is 1. The molecule has 2 N–H and O–H groups in total. The third-order valence-electron chi connectivity index (χ3n) is 2.97. The van der Waals surface area contributed by atoms with Gasteiger partial charge in [0.15, 0.2) is 0 Å². The van der Waals surface area contributed by atoms with E-state index < -0.39 is 0 Å². The molecule has 84 valence electrons. The Morgan fingerprint density at radius 1 is 1.20 bits per heavy atom. The molecule has 2 heteroatoms. The second-order valence-corrected chi connectivity index (χ2v) is 5.38. The van der Waals surface area contributed by atoms with Crippen LogP contribution in [-0.2, 0) is 0 Å². The summed E-state index contributed by atoms with van der Waals surface area (Å²) in [5.41, 5.74) is 9.71. The highest BCUT2D eigenvalue weighted by atomic mass is 79.9. The molecular weight excluding hydrogens is 250 g/mol. The molecule has 0 spiro atoms. The lowest BCUT2D eigenvalue weighted by Gasteiger charge is -2.18. The van der Waals surface area contributed by atoms with Crippen molar-refractivity contribution in [2.24, 2.45) is 0 Å². The van der Waals surface area contributed by atoms with Crippen molar-refractivity contribution in [1.82, 2.24) is 0 Å². The third-order valence-corrected chi connectivity index (χ3v) is 3.43. The number of anilines is 1. The van der Waals surface area contributed by atoms with Gasteiger partial charge in [-0.1, -0.05) is 43.6 Å². The van der Waals surface area contributed by atoms with Gasteiger partial charge in [-0.15, -0.1) is 0 Å². The summed E-state index contributed by atoms with van der Waals surface area (Å²) in [5.74, 6) is 1.00. The zero-order chi connectivity index (χ0) is 11.6. The first-order valence-corrected chi connectivity index (χ1v) is 6.35. The first kappa shape index (κ1) is 12.6. The zero-order valence-electron chi connectivity index (χ0n) is 9.97. The highest BCUT2D eigenvalue weighted by Gasteiger charge is 2.13. The maximum absolute atomic E-state index is 6.21. The fraction of sp³-hybridized carbons (Fsp3) is 0.538. The quantitative estimate of drug-likeness (QED) is 0.794. The molecule has 0 heterocycles. The normalized spacial score (nSPS) is 13.2. The van der Waals surface area contributed by atoms with Gasteiger partial charge in [-0.2, -0.15) is 0 Å². The van der Waals surface area contributed by atoms with E-state index in [9.17, 15) is 0 Å². The number of nitrogen functional groups attached to an aromatic ring is 1. The monoisotopic (exact) mass is 269 g/mol. The van der Waals surface area contributed by atoms with Crippen molar-refractivity contribution < 1.29 is 0 Å². The minimum Gasteiger partial charge on any atom is -0.398 e. The minimum atomic E-state index is 0.477. The lowest BCUT2D eigenvalue weighted by atomic mass is 9.91. The first-order chi connectivity index (χ1) is 6.97. The molecule has 1 atom stereocenters. The van der Waals surface area contributed by atoms with Crippen LogP contribution in [0.1, 0.15) is 57.1 Å². The van der Waals surface area contributed by atoms with E-state index in [1.54, 1.807) is 0 Å². The summed E-state index contributed by atoms with van der Waals surface area (Å²) in [7, 11) is 0. The maximum Gasteiger partial charge on any atom is 0.0385 e. The Hall–Kier alpha value is -0.500. The summed E-state index contributed by atoms with van der Waals surface area (Å²) in [5, 5.41) is 0. The van der Waals surface area contributed by atoms with Crippen molar-refractivity contribution in [3.63, 3.8) is 0 Å². The number of hydrogen-bond donors (Lipinski definition) is 1. The molecule has 1 aromatic rings. The van der Waals surface area contributed by atoms with Crippen LogP contribution in [0.3, 0.4) is 0 Å². The van der Waals surface area contributed by atoms with Gasteiger partial charge in [0.05, 0.1) is 0 Å². The highest BCUT2D eigenvalue weighted by molar-refractivity contribution is 9.10. The van der Waals surface area contributed by atoms with Crippen LogP contribution in [0, 0.1) is 0 Å². The number of rotatable bonds is 3. The smallest absolute Gasteiger partial charge is 0.0385 e. The molecule has 0 amide bonds. The summed E-state index contributed by atoms with van der Waals surface area (Å²) in [6.45, 7) is 8.78. The number of benzene rings is 1. The average Bonchev–Trinajstić information content (AvgIpc) is 2.19. The predicted molar refractivity (Wildman–Crippen MR) is 71.3 cm³/mol. The standard InChI is InChI=1S/C13H20BrN/c1-5-9(4)12-7-10(14)6-11(8(2)3)13(12)15/h6-9H,5,15H2,1-4H3. The molecule has 15 heavy (non-hydrogen) atoms. The van der Waals surface area contributed by atoms with Crippen molar-refractivity contribution in [2.45, 2.75) is 46.0 Å². The molecule has 0 bridgehead atoms. The summed E-state index contributed by atoms with van der Waals surface area (Å²) < 4.78 is 1.13. The van der Waals surface area contributed by atoms with Crippen LogP contribution in [0.4, 0.5) is 5.69 Å². The van der Waals surface area contributed by atoms with Gasteiger partial charge < -0.3 is 5.73 Å². The summed E-state index contributed by atoms with van der Waals surface area (Å²) >= 11 is 3.56. The third kappa shape index (κ3) is 2.75. The van der Waals surface area contributed by atoms with Crippen LogP contribution in [-0.4, -0.2) is 0 Å². The van der Waals surface area contributed by atoms with Crippen LogP contribution in [0.15, 0.2) is 16.6 Å². The molecule has 0 radical (unpaired) electrons. The van der Waals surface area contributed by atoms with E-state index in [-0.39, 0.29) is 0 Å². The van der Waals surface area contributed by atoms with Crippen LogP contribution in [0.2, 0.25) is 0 Å². The van der Waals surface area contributed by atoms with E-state index in [0.717, 1.165) is 16.6 Å². The molecule has 0 fully saturated rings. The molecule has 1 nitrogen and oxygen atoms in total. The number of hydrogen-bond acceptors (Lipinski definition) is 1. The van der Waals surface area contributed by atoms with E-state index in [0.29, 0.717) is 11.8 Å². The number of nitrogens with two attached hydrogens (primary N) is 1. The molecule has 1 rings (SSSR count). The Morgan fingerprint density at radius 3 is 2.20 bits per heavy atom. The van der Waals surface area contributed by atoms with E-state index in [1.165, 1.54) is 11.1 Å². The Balaban J connectivity index is 3.28. The van der Waals surface area contributed by atoms with Gasteiger partial charge in [0.2, 0.25) is 0 Å². The van der Waals surface area contributed by atoms with Gasteiger partial charge in [-0.3, -0.25) is 0 Å². The van der Waals surface area contributed by atoms with Gasteiger partial charge in [0, 0.05) is 10.2 Å². The van der Waals surface area contributed by atoms with Crippen LogP contribution < -0.4 is 5.73 Å². The van der Waals surface area contributed by atoms with Crippen LogP contribution >= 0.6 is 15.9 Å². The van der Waals surface area contributed by atoms with Crippen LogP contribution in [0.5, 0.6) is 0 Å². The Labute approximate surface area is 101 Å². The van der Waals surface area contributed by atoms with Crippen molar-refractivity contribution in [3.8, 4) is 0 Å². The lowest BCUT2D eigenvalue weighted by Crippen LogP contribution is -2.04. The zero-order valence-corrected chi connectivity index (χ0v) is 11.6. The lowest BCUT2D eigenvalue weighted by molar-refractivity contribution is 0.731. The molecule has 0 aliphatic rings. The van der Waals surface area contributed by atoms with Gasteiger partial charge in [0.1, 0.15) is 0 Å². The van der Waals surface area contributed by atoms with E-state index >= 15 is 0 Å². The highest BCUT2D eigenvalue weighted by Crippen LogP contribution is 2.34. The SMILES string of the molecule is CCC(C)c1cc(Br)cc(C(C)C)c1N. The van der Waals surface area contributed by atoms with Crippen molar-refractivity contribution in [3.05, 3.63) is 27.7 Å². The largest absolute Gasteiger partial charge is 0.398 e. The summed E-state index contributed by atoms with van der Waals surface area (Å²) in [4.78, 5) is 0. The summed E-state index contributed by atoms with van der Waals surface area (Å²) in [6.07, 6.45) is 1.12. The van der Waals surface area contributed by atoms with E-state index in [2.05, 4.69) is 55.8 Å². The Kier molecular flexibility index (Phi) is 4.21. The molecule has 0 aliphatic carbocycles. The van der Waals surface area contributed by atoms with Gasteiger partial charge in [-0.05, 0) is 41.5 Å². The summed E-state index contributed by atoms with van der Waals surface area (Å²) in [6, 6.07) is 4.28. The maximum atomic E-state index is 6.21. The molecular formula is C13H20BrN. The topological polar surface area (TPSA) is 26.0 Å². The van der Waals surface area contributed by atoms with Gasteiger partial charge in [0.25, 0.3) is 0 Å². The van der Waals surface area contributed by atoms with Crippen molar-refractivity contribution in [1.29, 1.82) is 0 Å². The average molecular weight is 270 g/mol. The fourth-order valence-corrected chi connectivity index (χ4v) is 2.26. The fourth-order valence-electron chi connectivity index (χ4n) is 1.77. The molecule has 0 saturated carbocycles. The van der Waals surface area contributed by atoms with Gasteiger partial charge in [-0.25, -0.2) is 0 Å². The second-order valence-electron chi connectivity index (χ2n) is 4.46. The first-order valence-electron chi connectivity index (χ1n) is 5.56. The minimum absolute atomic E-state index is 0.477. The molecule has 1 unspecified atom stereocenters. The molecule has 0 aliphatic heterocycles. The molecule has 1 aromatic carbocycles. The Morgan fingerprint density at radius 2 is 1.73 bits per heavy atom. The predicted octanol–water partition coefficient (Wildman–Crippen LogP) is 4.67. The van der Waals surface area contributed by atoms with Crippen molar-refractivity contribution >= 4 is 21.6 Å². The molecule has 0 aromatic heterocycles. The van der Waals surface area contributed by atoms with E-state index in [1.807, 2.05) is 0 Å².